The molecule has 0 amide bonds. The first kappa shape index (κ1) is 12.2. The van der Waals surface area contributed by atoms with Crippen molar-refractivity contribution in [1.82, 2.24) is 0 Å². The Hall–Kier alpha value is -3.26. The van der Waals surface area contributed by atoms with Crippen molar-refractivity contribution in [3.63, 3.8) is 0 Å². The van der Waals surface area contributed by atoms with Gasteiger partial charge in [-0.1, -0.05) is 30.3 Å². The third-order valence-corrected chi connectivity index (χ3v) is 4.90. The molecule has 0 aliphatic carbocycles. The summed E-state index contributed by atoms with van der Waals surface area (Å²) in [6.07, 6.45) is 1.68. The zero-order valence-electron chi connectivity index (χ0n) is 12.7. The lowest BCUT2D eigenvalue weighted by Crippen LogP contribution is -1.79. The highest BCUT2D eigenvalue weighted by atomic mass is 16.5. The molecule has 6 aromatic rings. The summed E-state index contributed by atoms with van der Waals surface area (Å²) < 4.78 is 11.2. The summed E-state index contributed by atoms with van der Waals surface area (Å²) in [5, 5.41) is 9.62. The third kappa shape index (κ3) is 1.50. The van der Waals surface area contributed by atoms with Crippen LogP contribution in [0.25, 0.3) is 54.5 Å². The summed E-state index contributed by atoms with van der Waals surface area (Å²) in [5.74, 6) is 0.594. The molecule has 2 heteroatoms. The van der Waals surface area contributed by atoms with Crippen LogP contribution in [-0.4, -0.2) is 0 Å². The summed E-state index contributed by atoms with van der Waals surface area (Å²) >= 11 is 0. The quantitative estimate of drug-likeness (QED) is 0.294. The molecule has 4 aromatic carbocycles. The summed E-state index contributed by atoms with van der Waals surface area (Å²) in [6.45, 7) is 0. The van der Waals surface area contributed by atoms with E-state index in [-0.39, 0.29) is 0 Å². The van der Waals surface area contributed by atoms with E-state index in [1.54, 1.807) is 6.26 Å². The fraction of sp³-hybridized carbons (Fsp3) is 0. The first-order valence-corrected chi connectivity index (χ1v) is 8.02. The van der Waals surface area contributed by atoms with Crippen LogP contribution in [0.1, 0.15) is 0 Å². The molecular formula is C22H12O2. The van der Waals surface area contributed by atoms with Crippen molar-refractivity contribution in [2.45, 2.75) is 0 Å². The minimum atomic E-state index is 0.594. The molecule has 0 unspecified atom stereocenters. The van der Waals surface area contributed by atoms with E-state index in [2.05, 4.69) is 54.6 Å². The lowest BCUT2D eigenvalue weighted by molar-refractivity contribution is 0.499. The molecule has 0 radical (unpaired) electrons. The Morgan fingerprint density at radius 3 is 2.17 bits per heavy atom. The maximum absolute atomic E-state index is 5.82. The maximum atomic E-state index is 5.82. The van der Waals surface area contributed by atoms with Crippen molar-refractivity contribution in [3.8, 4) is 0 Å². The normalized spacial score (nSPS) is 12.2. The van der Waals surface area contributed by atoms with Crippen LogP contribution in [0.5, 0.6) is 0 Å². The third-order valence-electron chi connectivity index (χ3n) is 4.90. The van der Waals surface area contributed by atoms with Crippen LogP contribution in [-0.2, 0) is 0 Å². The number of furan rings is 2. The van der Waals surface area contributed by atoms with Crippen molar-refractivity contribution in [2.24, 2.45) is 0 Å². The summed E-state index contributed by atoms with van der Waals surface area (Å²) in [4.78, 5) is 0. The van der Waals surface area contributed by atoms with E-state index >= 15 is 0 Å². The van der Waals surface area contributed by atoms with Crippen LogP contribution in [0, 0.1) is 0 Å². The van der Waals surface area contributed by atoms with Gasteiger partial charge in [0, 0.05) is 5.39 Å². The predicted octanol–water partition coefficient (Wildman–Crippen LogP) is 6.64. The molecule has 2 heterocycles. The SMILES string of the molecule is c1ccc2cc3cc4c(ccc5oc6occc6c54)cc3cc2c1. The molecule has 0 saturated carbocycles. The second-order valence-corrected chi connectivity index (χ2v) is 6.28. The van der Waals surface area contributed by atoms with Gasteiger partial charge in [0.25, 0.3) is 5.78 Å². The van der Waals surface area contributed by atoms with Crippen LogP contribution >= 0.6 is 0 Å². The number of rotatable bonds is 0. The Morgan fingerprint density at radius 1 is 0.583 bits per heavy atom. The van der Waals surface area contributed by atoms with Gasteiger partial charge >= 0.3 is 0 Å². The van der Waals surface area contributed by atoms with E-state index in [1.807, 2.05) is 12.1 Å². The Kier molecular flexibility index (Phi) is 2.12. The highest BCUT2D eigenvalue weighted by Gasteiger charge is 2.13. The number of fused-ring (bicyclic) bond motifs is 7. The van der Waals surface area contributed by atoms with Gasteiger partial charge in [-0.05, 0) is 68.7 Å². The number of hydrogen-bond donors (Lipinski definition) is 0. The van der Waals surface area contributed by atoms with Gasteiger partial charge in [-0.3, -0.25) is 0 Å². The van der Waals surface area contributed by atoms with E-state index in [1.165, 1.54) is 32.3 Å². The maximum Gasteiger partial charge on any atom is 0.298 e. The molecule has 0 aliphatic heterocycles. The summed E-state index contributed by atoms with van der Waals surface area (Å²) in [7, 11) is 0. The highest BCUT2D eigenvalue weighted by molar-refractivity contribution is 6.20. The Balaban J connectivity index is 1.85. The first-order valence-electron chi connectivity index (χ1n) is 8.02. The van der Waals surface area contributed by atoms with Crippen LogP contribution in [0.3, 0.4) is 0 Å². The molecule has 2 aromatic heterocycles. The molecule has 0 aliphatic rings. The number of benzene rings is 4. The standard InChI is InChI=1S/C22H12O2/c1-2-4-14-10-17-12-19-15(11-16(17)9-13(14)3-1)5-6-20-21(19)18-7-8-23-22(18)24-20/h1-12H. The van der Waals surface area contributed by atoms with Gasteiger partial charge in [0.1, 0.15) is 5.58 Å². The average molecular weight is 308 g/mol. The van der Waals surface area contributed by atoms with E-state index in [0.29, 0.717) is 5.78 Å². The molecule has 0 fully saturated rings. The molecule has 6 rings (SSSR count). The van der Waals surface area contributed by atoms with Gasteiger partial charge in [0.05, 0.1) is 11.6 Å². The zero-order chi connectivity index (χ0) is 15.7. The molecule has 0 N–H and O–H groups in total. The average Bonchev–Trinajstić information content (AvgIpc) is 3.18. The van der Waals surface area contributed by atoms with E-state index in [9.17, 15) is 0 Å². The monoisotopic (exact) mass is 308 g/mol. The minimum Gasteiger partial charge on any atom is -0.433 e. The topological polar surface area (TPSA) is 26.3 Å². The molecular weight excluding hydrogens is 296 g/mol. The molecule has 0 spiro atoms. The van der Waals surface area contributed by atoms with Crippen LogP contribution in [0.4, 0.5) is 0 Å². The Bertz CT molecular complexity index is 1400. The summed E-state index contributed by atoms with van der Waals surface area (Å²) in [6, 6.07) is 23.7. The molecule has 2 nitrogen and oxygen atoms in total. The van der Waals surface area contributed by atoms with Gasteiger partial charge in [0.15, 0.2) is 0 Å². The Morgan fingerprint density at radius 2 is 1.33 bits per heavy atom. The van der Waals surface area contributed by atoms with E-state index in [0.717, 1.165) is 16.4 Å². The lowest BCUT2D eigenvalue weighted by atomic mass is 9.97. The summed E-state index contributed by atoms with van der Waals surface area (Å²) in [5.41, 5.74) is 0.872. The van der Waals surface area contributed by atoms with Gasteiger partial charge in [0.2, 0.25) is 0 Å². The highest BCUT2D eigenvalue weighted by Crippen LogP contribution is 2.37. The number of hydrogen-bond acceptors (Lipinski definition) is 2. The van der Waals surface area contributed by atoms with Crippen LogP contribution in [0.15, 0.2) is 81.8 Å². The fourth-order valence-electron chi connectivity index (χ4n) is 3.77. The molecule has 0 saturated heterocycles. The molecule has 112 valence electrons. The van der Waals surface area contributed by atoms with E-state index < -0.39 is 0 Å². The van der Waals surface area contributed by atoms with Gasteiger partial charge in [-0.15, -0.1) is 0 Å². The van der Waals surface area contributed by atoms with Gasteiger partial charge < -0.3 is 8.83 Å². The largest absolute Gasteiger partial charge is 0.433 e. The zero-order valence-corrected chi connectivity index (χ0v) is 12.7. The molecule has 24 heavy (non-hydrogen) atoms. The van der Waals surface area contributed by atoms with Crippen molar-refractivity contribution in [2.75, 3.05) is 0 Å². The van der Waals surface area contributed by atoms with Crippen LogP contribution in [0.2, 0.25) is 0 Å². The molecule has 0 bridgehead atoms. The predicted molar refractivity (Wildman–Crippen MR) is 98.5 cm³/mol. The van der Waals surface area contributed by atoms with Crippen molar-refractivity contribution < 1.29 is 8.83 Å². The van der Waals surface area contributed by atoms with Crippen LogP contribution < -0.4 is 0 Å². The van der Waals surface area contributed by atoms with E-state index in [4.69, 9.17) is 8.83 Å². The van der Waals surface area contributed by atoms with Gasteiger partial charge in [-0.25, -0.2) is 0 Å². The lowest BCUT2D eigenvalue weighted by Gasteiger charge is -2.06. The fourth-order valence-corrected chi connectivity index (χ4v) is 3.77. The second kappa shape index (κ2) is 4.18. The second-order valence-electron chi connectivity index (χ2n) is 6.28. The van der Waals surface area contributed by atoms with Crippen molar-refractivity contribution in [3.05, 3.63) is 73.0 Å². The van der Waals surface area contributed by atoms with Crippen molar-refractivity contribution in [1.29, 1.82) is 0 Å². The minimum absolute atomic E-state index is 0.594. The molecule has 0 atom stereocenters. The Labute approximate surface area is 136 Å². The smallest absolute Gasteiger partial charge is 0.298 e. The van der Waals surface area contributed by atoms with Crippen molar-refractivity contribution >= 4 is 54.5 Å². The van der Waals surface area contributed by atoms with Gasteiger partial charge in [-0.2, -0.15) is 0 Å². The first-order chi connectivity index (χ1) is 11.9.